The normalized spacial score (nSPS) is 17.6. The van der Waals surface area contributed by atoms with Gasteiger partial charge in [0.05, 0.1) is 11.0 Å². The van der Waals surface area contributed by atoms with E-state index >= 15 is 0 Å². The molecule has 5 rings (SSSR count). The van der Waals surface area contributed by atoms with Gasteiger partial charge in [0.1, 0.15) is 5.82 Å². The van der Waals surface area contributed by atoms with Gasteiger partial charge in [0.2, 0.25) is 11.8 Å². The Hall–Kier alpha value is -3.15. The summed E-state index contributed by atoms with van der Waals surface area (Å²) >= 11 is 0. The van der Waals surface area contributed by atoms with Crippen molar-refractivity contribution in [1.29, 1.82) is 0 Å². The number of H-pyrrole nitrogens is 1. The minimum Gasteiger partial charge on any atom is -0.338 e. The maximum Gasteiger partial charge on any atom is 0.227 e. The lowest BCUT2D eigenvalue weighted by atomic mass is 9.88. The van der Waals surface area contributed by atoms with Crippen LogP contribution >= 0.6 is 0 Å². The Labute approximate surface area is 200 Å². The van der Waals surface area contributed by atoms with E-state index in [2.05, 4.69) is 15.6 Å². The molecule has 3 N–H and O–H groups in total. The Morgan fingerprint density at radius 3 is 1.94 bits per heavy atom. The van der Waals surface area contributed by atoms with Gasteiger partial charge >= 0.3 is 0 Å². The van der Waals surface area contributed by atoms with Crippen molar-refractivity contribution in [2.24, 2.45) is 11.8 Å². The van der Waals surface area contributed by atoms with Crippen molar-refractivity contribution >= 4 is 34.2 Å². The highest BCUT2D eigenvalue weighted by Gasteiger charge is 2.22. The molecule has 2 aliphatic rings. The molecule has 0 atom stereocenters. The lowest BCUT2D eigenvalue weighted by Gasteiger charge is -2.20. The lowest BCUT2D eigenvalue weighted by Crippen LogP contribution is -2.24. The maximum atomic E-state index is 12.7. The predicted octanol–water partition coefficient (Wildman–Crippen LogP) is 6.58. The molecule has 6 nitrogen and oxygen atoms in total. The van der Waals surface area contributed by atoms with Gasteiger partial charge in [-0.3, -0.25) is 9.59 Å². The summed E-state index contributed by atoms with van der Waals surface area (Å²) in [6.45, 7) is 2.02. The number of aromatic nitrogens is 2. The number of aromatic amines is 1. The molecule has 2 aliphatic carbocycles. The highest BCUT2D eigenvalue weighted by molar-refractivity contribution is 5.96. The third kappa shape index (κ3) is 5.01. The van der Waals surface area contributed by atoms with Gasteiger partial charge in [-0.05, 0) is 74.6 Å². The number of anilines is 2. The molecule has 2 fully saturated rings. The highest BCUT2D eigenvalue weighted by Crippen LogP contribution is 2.29. The van der Waals surface area contributed by atoms with E-state index in [1.54, 1.807) is 0 Å². The van der Waals surface area contributed by atoms with Crippen LogP contribution in [-0.2, 0) is 9.59 Å². The number of benzene rings is 2. The van der Waals surface area contributed by atoms with E-state index in [1.165, 1.54) is 12.8 Å². The fraction of sp³-hybridized carbons (Fsp3) is 0.464. The summed E-state index contributed by atoms with van der Waals surface area (Å²) in [7, 11) is 0. The first-order valence-electron chi connectivity index (χ1n) is 12.8. The number of carbonyl (C=O) groups is 2. The third-order valence-corrected chi connectivity index (χ3v) is 7.42. The second kappa shape index (κ2) is 10.00. The van der Waals surface area contributed by atoms with Gasteiger partial charge < -0.3 is 15.6 Å². The van der Waals surface area contributed by atoms with Gasteiger partial charge in [0.15, 0.2) is 0 Å². The van der Waals surface area contributed by atoms with Crippen LogP contribution in [0.3, 0.4) is 0 Å². The third-order valence-electron chi connectivity index (χ3n) is 7.42. The summed E-state index contributed by atoms with van der Waals surface area (Å²) in [5.74, 6) is 1.30. The number of carbonyl (C=O) groups excluding carboxylic acids is 2. The van der Waals surface area contributed by atoms with Crippen LogP contribution in [0.4, 0.5) is 11.4 Å². The molecule has 34 heavy (non-hydrogen) atoms. The van der Waals surface area contributed by atoms with E-state index in [-0.39, 0.29) is 23.7 Å². The Kier molecular flexibility index (Phi) is 6.66. The molecule has 0 saturated heterocycles. The summed E-state index contributed by atoms with van der Waals surface area (Å²) in [5.41, 5.74) is 5.43. The number of hydrogen-bond donors (Lipinski definition) is 3. The first-order chi connectivity index (χ1) is 16.6. The molecule has 0 bridgehead atoms. The van der Waals surface area contributed by atoms with E-state index in [0.29, 0.717) is 0 Å². The molecular weight excluding hydrogens is 424 g/mol. The first kappa shape index (κ1) is 22.6. The second-order valence-corrected chi connectivity index (χ2v) is 10.0. The van der Waals surface area contributed by atoms with Crippen molar-refractivity contribution in [3.05, 3.63) is 42.0 Å². The highest BCUT2D eigenvalue weighted by atomic mass is 16.2. The fourth-order valence-electron chi connectivity index (χ4n) is 5.43. The SMILES string of the molecule is Cc1cc(NC(=O)C2CCCCC2)cc2[nH]c(-c3ccc(NC(=O)C4CCCCC4)cc3)nc12. The smallest absolute Gasteiger partial charge is 0.227 e. The van der Waals surface area contributed by atoms with E-state index in [1.807, 2.05) is 43.3 Å². The predicted molar refractivity (Wildman–Crippen MR) is 137 cm³/mol. The molecule has 0 spiro atoms. The number of aryl methyl sites for hydroxylation is 1. The summed E-state index contributed by atoms with van der Waals surface area (Å²) < 4.78 is 0. The fourth-order valence-corrected chi connectivity index (χ4v) is 5.43. The van der Waals surface area contributed by atoms with E-state index in [0.717, 1.165) is 90.7 Å². The largest absolute Gasteiger partial charge is 0.338 e. The van der Waals surface area contributed by atoms with Crippen LogP contribution in [0.1, 0.15) is 69.8 Å². The van der Waals surface area contributed by atoms with Crippen LogP contribution in [0.5, 0.6) is 0 Å². The molecule has 6 heteroatoms. The number of hydrogen-bond acceptors (Lipinski definition) is 3. The molecular formula is C28H34N4O2. The summed E-state index contributed by atoms with van der Waals surface area (Å²) in [5, 5.41) is 6.19. The van der Waals surface area contributed by atoms with Gasteiger partial charge in [-0.1, -0.05) is 38.5 Å². The Morgan fingerprint density at radius 2 is 1.35 bits per heavy atom. The summed E-state index contributed by atoms with van der Waals surface area (Å²) in [6, 6.07) is 11.8. The van der Waals surface area contributed by atoms with Crippen LogP contribution in [0.2, 0.25) is 0 Å². The monoisotopic (exact) mass is 458 g/mol. The zero-order chi connectivity index (χ0) is 23.5. The van der Waals surface area contributed by atoms with Crippen LogP contribution in [0.25, 0.3) is 22.4 Å². The lowest BCUT2D eigenvalue weighted by molar-refractivity contribution is -0.121. The minimum atomic E-state index is 0.124. The maximum absolute atomic E-state index is 12.7. The van der Waals surface area contributed by atoms with E-state index in [9.17, 15) is 9.59 Å². The van der Waals surface area contributed by atoms with Gasteiger partial charge in [-0.15, -0.1) is 0 Å². The molecule has 1 heterocycles. The summed E-state index contributed by atoms with van der Waals surface area (Å²) in [6.07, 6.45) is 11.0. The molecule has 2 amide bonds. The Bertz CT molecular complexity index is 1170. The molecule has 0 aliphatic heterocycles. The number of imidazole rings is 1. The van der Waals surface area contributed by atoms with Crippen LogP contribution in [-0.4, -0.2) is 21.8 Å². The van der Waals surface area contributed by atoms with Crippen molar-refractivity contribution in [1.82, 2.24) is 9.97 Å². The quantitative estimate of drug-likeness (QED) is 0.404. The van der Waals surface area contributed by atoms with Gasteiger partial charge in [0.25, 0.3) is 0 Å². The number of rotatable bonds is 5. The van der Waals surface area contributed by atoms with E-state index < -0.39 is 0 Å². The van der Waals surface area contributed by atoms with Crippen molar-refractivity contribution in [3.8, 4) is 11.4 Å². The van der Waals surface area contributed by atoms with Crippen molar-refractivity contribution in [2.75, 3.05) is 10.6 Å². The molecule has 0 radical (unpaired) electrons. The molecule has 2 aromatic carbocycles. The van der Waals surface area contributed by atoms with Crippen molar-refractivity contribution < 1.29 is 9.59 Å². The van der Waals surface area contributed by atoms with Crippen molar-refractivity contribution in [3.63, 3.8) is 0 Å². The topological polar surface area (TPSA) is 86.9 Å². The molecule has 1 aromatic heterocycles. The summed E-state index contributed by atoms with van der Waals surface area (Å²) in [4.78, 5) is 33.4. The van der Waals surface area contributed by atoms with E-state index in [4.69, 9.17) is 4.98 Å². The standard InChI is InChI=1S/C28H34N4O2/c1-18-16-23(30-28(34)21-10-6-3-7-11-21)17-24-25(18)32-26(31-24)19-12-14-22(15-13-19)29-27(33)20-8-4-2-5-9-20/h12-17,20-21H,2-11H2,1H3,(H,29,33)(H,30,34)(H,31,32). The molecule has 0 unspecified atom stereocenters. The molecule has 178 valence electrons. The first-order valence-corrected chi connectivity index (χ1v) is 12.8. The average Bonchev–Trinajstić information content (AvgIpc) is 3.30. The number of amides is 2. The zero-order valence-electron chi connectivity index (χ0n) is 20.0. The minimum absolute atomic E-state index is 0.124. The van der Waals surface area contributed by atoms with Crippen LogP contribution < -0.4 is 10.6 Å². The number of nitrogens with zero attached hydrogens (tertiary/aromatic N) is 1. The molecule has 3 aromatic rings. The van der Waals surface area contributed by atoms with Gasteiger partial charge in [-0.25, -0.2) is 4.98 Å². The van der Waals surface area contributed by atoms with Crippen molar-refractivity contribution in [2.45, 2.75) is 71.1 Å². The van der Waals surface area contributed by atoms with Gasteiger partial charge in [-0.2, -0.15) is 0 Å². The Balaban J connectivity index is 1.29. The second-order valence-electron chi connectivity index (χ2n) is 10.0. The molecule has 2 saturated carbocycles. The number of fused-ring (bicyclic) bond motifs is 1. The van der Waals surface area contributed by atoms with Crippen LogP contribution in [0.15, 0.2) is 36.4 Å². The zero-order valence-corrected chi connectivity index (χ0v) is 20.0. The average molecular weight is 459 g/mol. The number of nitrogens with one attached hydrogen (secondary N) is 3. The van der Waals surface area contributed by atoms with Crippen LogP contribution in [0, 0.1) is 18.8 Å². The van der Waals surface area contributed by atoms with Gasteiger partial charge in [0, 0.05) is 28.8 Å². The Morgan fingerprint density at radius 1 is 0.794 bits per heavy atom.